The summed E-state index contributed by atoms with van der Waals surface area (Å²) in [4.78, 5) is 12.7. The van der Waals surface area contributed by atoms with Crippen molar-refractivity contribution in [2.75, 3.05) is 11.5 Å². The van der Waals surface area contributed by atoms with Gasteiger partial charge in [-0.05, 0) is 48.6 Å². The Morgan fingerprint density at radius 3 is 2.31 bits per heavy atom. The molecule has 0 saturated carbocycles. The monoisotopic (exact) mass is 422 g/mol. The summed E-state index contributed by atoms with van der Waals surface area (Å²) in [7, 11) is -3.17. The Bertz CT molecular complexity index is 964. The maximum Gasteiger partial charge on any atom is 0.222 e. The fourth-order valence-electron chi connectivity index (χ4n) is 3.72. The van der Waals surface area contributed by atoms with Gasteiger partial charge < -0.3 is 11.1 Å². The van der Waals surface area contributed by atoms with Crippen molar-refractivity contribution in [3.05, 3.63) is 71.3 Å². The molecule has 0 aliphatic carbocycles. The first-order valence-corrected chi connectivity index (χ1v) is 11.3. The van der Waals surface area contributed by atoms with E-state index in [1.165, 1.54) is 18.2 Å². The largest absolute Gasteiger partial charge is 0.346 e. The Morgan fingerprint density at radius 1 is 1.07 bits per heavy atom. The van der Waals surface area contributed by atoms with Crippen molar-refractivity contribution >= 4 is 15.7 Å². The van der Waals surface area contributed by atoms with Crippen LogP contribution < -0.4 is 11.1 Å². The van der Waals surface area contributed by atoms with E-state index in [4.69, 9.17) is 5.73 Å². The van der Waals surface area contributed by atoms with Crippen LogP contribution in [0.4, 0.5) is 8.78 Å². The topological polar surface area (TPSA) is 89.3 Å². The molecule has 1 saturated heterocycles. The zero-order chi connectivity index (χ0) is 21.1. The van der Waals surface area contributed by atoms with E-state index < -0.39 is 27.2 Å². The summed E-state index contributed by atoms with van der Waals surface area (Å²) < 4.78 is 50.9. The van der Waals surface area contributed by atoms with Crippen LogP contribution in [-0.4, -0.2) is 31.9 Å². The number of benzene rings is 2. The lowest BCUT2D eigenvalue weighted by Crippen LogP contribution is -2.51. The number of halogens is 2. The normalized spacial score (nSPS) is 18.7. The average Bonchev–Trinajstić information content (AvgIpc) is 2.66. The van der Waals surface area contributed by atoms with Crippen LogP contribution in [0.2, 0.25) is 0 Å². The summed E-state index contributed by atoms with van der Waals surface area (Å²) >= 11 is 0. The molecule has 1 fully saturated rings. The molecule has 2 aromatic rings. The lowest BCUT2D eigenvalue weighted by atomic mass is 9.84. The standard InChI is InChI=1S/C21H24F2N2O3S/c22-17-7-5-16(6-8-17)21(9-11-29(27,28)12-10-21)25-20(26)14-18(24)13-15-3-1-2-4-19(15)23/h1-8,18H,9-14,24H2,(H,25,26)/t18-/m1/s1. The van der Waals surface area contributed by atoms with Gasteiger partial charge in [-0.2, -0.15) is 0 Å². The molecule has 2 aromatic carbocycles. The third-order valence-corrected chi connectivity index (χ3v) is 6.99. The van der Waals surface area contributed by atoms with Gasteiger partial charge in [-0.3, -0.25) is 4.79 Å². The maximum absolute atomic E-state index is 13.8. The number of rotatable bonds is 6. The molecule has 0 bridgehead atoms. The molecule has 5 nitrogen and oxygen atoms in total. The van der Waals surface area contributed by atoms with Gasteiger partial charge in [0, 0.05) is 12.5 Å². The zero-order valence-corrected chi connectivity index (χ0v) is 16.7. The fraction of sp³-hybridized carbons (Fsp3) is 0.381. The molecule has 8 heteroatoms. The van der Waals surface area contributed by atoms with E-state index >= 15 is 0 Å². The predicted octanol–water partition coefficient (Wildman–Crippen LogP) is 2.45. The number of sulfone groups is 1. The van der Waals surface area contributed by atoms with Crippen molar-refractivity contribution in [2.24, 2.45) is 5.73 Å². The SMILES string of the molecule is N[C@@H](CC(=O)NC1(c2ccc(F)cc2)CCS(=O)(=O)CC1)Cc1ccccc1F. The molecule has 1 heterocycles. The van der Waals surface area contributed by atoms with Crippen molar-refractivity contribution in [3.63, 3.8) is 0 Å². The summed E-state index contributed by atoms with van der Waals surface area (Å²) in [5.74, 6) is -1.26. The first kappa shape index (κ1) is 21.4. The second kappa shape index (κ2) is 8.59. The first-order valence-electron chi connectivity index (χ1n) is 9.46. The summed E-state index contributed by atoms with van der Waals surface area (Å²) in [6.45, 7) is 0. The number of carbonyl (C=O) groups is 1. The molecule has 156 valence electrons. The van der Waals surface area contributed by atoms with Gasteiger partial charge in [-0.15, -0.1) is 0 Å². The number of amides is 1. The molecule has 0 radical (unpaired) electrons. The lowest BCUT2D eigenvalue weighted by molar-refractivity contribution is -0.123. The molecular weight excluding hydrogens is 398 g/mol. The minimum Gasteiger partial charge on any atom is -0.346 e. The lowest BCUT2D eigenvalue weighted by Gasteiger charge is -2.38. The number of hydrogen-bond acceptors (Lipinski definition) is 4. The van der Waals surface area contributed by atoms with Crippen molar-refractivity contribution in [1.29, 1.82) is 0 Å². The van der Waals surface area contributed by atoms with Gasteiger partial charge in [0.25, 0.3) is 0 Å². The Labute approximate surface area is 169 Å². The van der Waals surface area contributed by atoms with Gasteiger partial charge in [-0.1, -0.05) is 30.3 Å². The van der Waals surface area contributed by atoms with Crippen LogP contribution in [0.25, 0.3) is 0 Å². The predicted molar refractivity (Wildman–Crippen MR) is 107 cm³/mol. The highest BCUT2D eigenvalue weighted by molar-refractivity contribution is 7.91. The molecule has 0 spiro atoms. The van der Waals surface area contributed by atoms with Crippen molar-refractivity contribution in [1.82, 2.24) is 5.32 Å². The molecular formula is C21H24F2N2O3S. The highest BCUT2D eigenvalue weighted by atomic mass is 32.2. The van der Waals surface area contributed by atoms with Crippen LogP contribution in [-0.2, 0) is 26.6 Å². The second-order valence-corrected chi connectivity index (χ2v) is 9.85. The van der Waals surface area contributed by atoms with E-state index in [-0.39, 0.29) is 48.9 Å². The molecule has 29 heavy (non-hydrogen) atoms. The van der Waals surface area contributed by atoms with Gasteiger partial charge in [0.05, 0.1) is 17.0 Å². The van der Waals surface area contributed by atoms with Crippen LogP contribution in [0.15, 0.2) is 48.5 Å². The van der Waals surface area contributed by atoms with E-state index in [0.29, 0.717) is 11.1 Å². The van der Waals surface area contributed by atoms with Crippen LogP contribution >= 0.6 is 0 Å². The fourth-order valence-corrected chi connectivity index (χ4v) is 5.24. The molecule has 1 amide bonds. The second-order valence-electron chi connectivity index (χ2n) is 7.55. The van der Waals surface area contributed by atoms with Gasteiger partial charge in [0.2, 0.25) is 5.91 Å². The Kier molecular flexibility index (Phi) is 6.33. The third kappa shape index (κ3) is 5.39. The van der Waals surface area contributed by atoms with Crippen LogP contribution in [0.3, 0.4) is 0 Å². The molecule has 0 unspecified atom stereocenters. The first-order chi connectivity index (χ1) is 13.7. The molecule has 3 N–H and O–H groups in total. The number of nitrogens with two attached hydrogens (primary N) is 1. The molecule has 1 atom stereocenters. The Balaban J connectivity index is 1.73. The number of nitrogens with one attached hydrogen (secondary N) is 1. The number of carbonyl (C=O) groups excluding carboxylic acids is 1. The van der Waals surface area contributed by atoms with E-state index in [9.17, 15) is 22.0 Å². The van der Waals surface area contributed by atoms with Gasteiger partial charge >= 0.3 is 0 Å². The summed E-state index contributed by atoms with van der Waals surface area (Å²) in [5.41, 5.74) is 6.25. The smallest absolute Gasteiger partial charge is 0.222 e. The summed E-state index contributed by atoms with van der Waals surface area (Å²) in [6, 6.07) is 11.4. The quantitative estimate of drug-likeness (QED) is 0.748. The minimum atomic E-state index is -3.17. The van der Waals surface area contributed by atoms with Crippen LogP contribution in [0.1, 0.15) is 30.4 Å². The third-order valence-electron chi connectivity index (χ3n) is 5.34. The van der Waals surface area contributed by atoms with Crippen molar-refractivity contribution in [3.8, 4) is 0 Å². The highest BCUT2D eigenvalue weighted by Crippen LogP contribution is 2.34. The van der Waals surface area contributed by atoms with Crippen molar-refractivity contribution < 1.29 is 22.0 Å². The Morgan fingerprint density at radius 2 is 1.69 bits per heavy atom. The van der Waals surface area contributed by atoms with E-state index in [0.717, 1.165) is 0 Å². The number of hydrogen-bond donors (Lipinski definition) is 2. The molecule has 3 rings (SSSR count). The van der Waals surface area contributed by atoms with Gasteiger partial charge in [0.1, 0.15) is 11.6 Å². The van der Waals surface area contributed by atoms with Crippen LogP contribution in [0.5, 0.6) is 0 Å². The maximum atomic E-state index is 13.8. The zero-order valence-electron chi connectivity index (χ0n) is 15.9. The van der Waals surface area contributed by atoms with Crippen molar-refractivity contribution in [2.45, 2.75) is 37.3 Å². The highest BCUT2D eigenvalue weighted by Gasteiger charge is 2.40. The average molecular weight is 422 g/mol. The molecule has 1 aliphatic heterocycles. The Hall–Kier alpha value is -2.32. The van der Waals surface area contributed by atoms with E-state index in [2.05, 4.69) is 5.32 Å². The van der Waals surface area contributed by atoms with E-state index in [1.807, 2.05) is 0 Å². The molecule has 1 aliphatic rings. The summed E-state index contributed by atoms with van der Waals surface area (Å²) in [5, 5.41) is 2.94. The van der Waals surface area contributed by atoms with E-state index in [1.54, 1.807) is 30.3 Å². The van der Waals surface area contributed by atoms with Gasteiger partial charge in [-0.25, -0.2) is 17.2 Å². The minimum absolute atomic E-state index is 0.0377. The van der Waals surface area contributed by atoms with Crippen LogP contribution in [0, 0.1) is 11.6 Å². The molecule has 0 aromatic heterocycles. The summed E-state index contributed by atoms with van der Waals surface area (Å²) in [6.07, 6.45) is 0.576. The van der Waals surface area contributed by atoms with Gasteiger partial charge in [0.15, 0.2) is 9.84 Å².